The lowest BCUT2D eigenvalue weighted by atomic mass is 10.2. The summed E-state index contributed by atoms with van der Waals surface area (Å²) < 4.78 is 5.65. The molecule has 132 valence electrons. The van der Waals surface area contributed by atoms with Gasteiger partial charge in [-0.2, -0.15) is 5.10 Å². The van der Waals surface area contributed by atoms with Crippen LogP contribution < -0.4 is 5.43 Å². The highest BCUT2D eigenvalue weighted by Gasteiger charge is 2.11. The summed E-state index contributed by atoms with van der Waals surface area (Å²) in [4.78, 5) is 16.0. The summed E-state index contributed by atoms with van der Waals surface area (Å²) in [6.07, 6.45) is 2.87. The van der Waals surface area contributed by atoms with Crippen LogP contribution in [0.1, 0.15) is 21.8 Å². The Morgan fingerprint density at radius 3 is 2.62 bits per heavy atom. The van der Waals surface area contributed by atoms with E-state index in [2.05, 4.69) is 15.5 Å². The zero-order chi connectivity index (χ0) is 18.7. The second-order valence-corrected chi connectivity index (χ2v) is 6.56. The van der Waals surface area contributed by atoms with Gasteiger partial charge in [-0.1, -0.05) is 34.8 Å². The van der Waals surface area contributed by atoms with E-state index in [0.29, 0.717) is 37.7 Å². The summed E-state index contributed by atoms with van der Waals surface area (Å²) in [6, 6.07) is 10.0. The Bertz CT molecular complexity index is 982. The number of hydrazone groups is 1. The fourth-order valence-corrected chi connectivity index (χ4v) is 2.74. The molecule has 26 heavy (non-hydrogen) atoms. The molecule has 0 unspecified atom stereocenters. The largest absolute Gasteiger partial charge is 0.455 e. The Labute approximate surface area is 164 Å². The molecule has 0 fully saturated rings. The van der Waals surface area contributed by atoms with Gasteiger partial charge < -0.3 is 4.42 Å². The van der Waals surface area contributed by atoms with Crippen LogP contribution >= 0.6 is 34.8 Å². The molecule has 0 spiro atoms. The van der Waals surface area contributed by atoms with E-state index >= 15 is 0 Å². The smallest absolute Gasteiger partial charge is 0.272 e. The van der Waals surface area contributed by atoms with Gasteiger partial charge in [-0.05, 0) is 43.3 Å². The Kier molecular flexibility index (Phi) is 5.61. The van der Waals surface area contributed by atoms with Crippen molar-refractivity contribution in [3.63, 3.8) is 0 Å². The molecule has 5 nitrogen and oxygen atoms in total. The quantitative estimate of drug-likeness (QED) is 0.358. The predicted molar refractivity (Wildman–Crippen MR) is 103 cm³/mol. The van der Waals surface area contributed by atoms with Crippen LogP contribution in [0.25, 0.3) is 11.3 Å². The SMILES string of the molecule is Cc1ccc(C(=O)NN=Cc2ccc(-c3cc(Cl)c(Cl)cc3Cl)o2)cn1. The molecule has 1 aromatic carbocycles. The first kappa shape index (κ1) is 18.5. The second kappa shape index (κ2) is 7.91. The minimum absolute atomic E-state index is 0.363. The van der Waals surface area contributed by atoms with E-state index in [1.165, 1.54) is 12.4 Å². The number of furan rings is 1. The topological polar surface area (TPSA) is 67.5 Å². The van der Waals surface area contributed by atoms with Gasteiger partial charge in [-0.15, -0.1) is 0 Å². The van der Waals surface area contributed by atoms with Gasteiger partial charge in [0.2, 0.25) is 0 Å². The van der Waals surface area contributed by atoms with Crippen LogP contribution in [0, 0.1) is 6.92 Å². The van der Waals surface area contributed by atoms with Crippen molar-refractivity contribution >= 4 is 46.9 Å². The van der Waals surface area contributed by atoms with E-state index < -0.39 is 0 Å². The summed E-state index contributed by atoms with van der Waals surface area (Å²) in [5, 5.41) is 5.02. The predicted octanol–water partition coefficient (Wildman–Crippen LogP) is 5.37. The minimum Gasteiger partial charge on any atom is -0.455 e. The van der Waals surface area contributed by atoms with Gasteiger partial charge in [0.15, 0.2) is 0 Å². The van der Waals surface area contributed by atoms with Gasteiger partial charge in [0, 0.05) is 17.5 Å². The zero-order valence-electron chi connectivity index (χ0n) is 13.5. The van der Waals surface area contributed by atoms with E-state index in [4.69, 9.17) is 39.2 Å². The van der Waals surface area contributed by atoms with Crippen molar-refractivity contribution in [1.29, 1.82) is 0 Å². The molecule has 0 bridgehead atoms. The lowest BCUT2D eigenvalue weighted by molar-refractivity contribution is 0.0954. The minimum atomic E-state index is -0.368. The summed E-state index contributed by atoms with van der Waals surface area (Å²) in [6.45, 7) is 1.84. The van der Waals surface area contributed by atoms with Crippen molar-refractivity contribution in [1.82, 2.24) is 10.4 Å². The molecular formula is C18H12Cl3N3O2. The molecule has 2 heterocycles. The third kappa shape index (κ3) is 4.25. The van der Waals surface area contributed by atoms with Gasteiger partial charge >= 0.3 is 0 Å². The number of nitrogens with one attached hydrogen (secondary N) is 1. The van der Waals surface area contributed by atoms with Crippen LogP contribution in [0.4, 0.5) is 0 Å². The fourth-order valence-electron chi connectivity index (χ4n) is 2.10. The standard InChI is InChI=1S/C18H12Cl3N3O2/c1-10-2-3-11(8-22-10)18(25)24-23-9-12-4-5-17(26-12)13-6-15(20)16(21)7-14(13)19/h2-9H,1H3,(H,24,25). The third-order valence-corrected chi connectivity index (χ3v) is 4.47. The van der Waals surface area contributed by atoms with E-state index in [0.717, 1.165) is 5.69 Å². The molecule has 0 atom stereocenters. The number of aromatic nitrogens is 1. The summed E-state index contributed by atoms with van der Waals surface area (Å²) in [5.74, 6) is 0.571. The number of carbonyl (C=O) groups excluding carboxylic acids is 1. The van der Waals surface area contributed by atoms with Gasteiger partial charge in [0.25, 0.3) is 5.91 Å². The first-order chi connectivity index (χ1) is 12.4. The lowest BCUT2D eigenvalue weighted by Crippen LogP contribution is -2.17. The number of hydrogen-bond acceptors (Lipinski definition) is 4. The number of rotatable bonds is 4. The number of halogens is 3. The van der Waals surface area contributed by atoms with E-state index in [-0.39, 0.29) is 5.91 Å². The van der Waals surface area contributed by atoms with Crippen LogP contribution in [-0.4, -0.2) is 17.1 Å². The molecule has 0 saturated heterocycles. The highest BCUT2D eigenvalue weighted by Crippen LogP contribution is 2.35. The van der Waals surface area contributed by atoms with Gasteiger partial charge in [-0.3, -0.25) is 9.78 Å². The van der Waals surface area contributed by atoms with E-state index in [1.54, 1.807) is 36.4 Å². The number of amides is 1. The van der Waals surface area contributed by atoms with Crippen molar-refractivity contribution < 1.29 is 9.21 Å². The number of benzene rings is 1. The molecular weight excluding hydrogens is 397 g/mol. The molecule has 0 aliphatic carbocycles. The summed E-state index contributed by atoms with van der Waals surface area (Å²) in [7, 11) is 0. The van der Waals surface area contributed by atoms with E-state index in [9.17, 15) is 4.79 Å². The molecule has 3 rings (SSSR count). The molecule has 0 radical (unpaired) electrons. The number of aryl methyl sites for hydroxylation is 1. The van der Waals surface area contributed by atoms with Crippen molar-refractivity contribution in [2.75, 3.05) is 0 Å². The Balaban J connectivity index is 1.70. The van der Waals surface area contributed by atoms with Crippen molar-refractivity contribution in [2.24, 2.45) is 5.10 Å². The second-order valence-electron chi connectivity index (χ2n) is 5.34. The average molecular weight is 409 g/mol. The highest BCUT2D eigenvalue weighted by atomic mass is 35.5. The normalized spacial score (nSPS) is 11.1. The summed E-state index contributed by atoms with van der Waals surface area (Å²) in [5.41, 5.74) is 4.26. The maximum Gasteiger partial charge on any atom is 0.272 e. The van der Waals surface area contributed by atoms with Gasteiger partial charge in [0.05, 0.1) is 26.8 Å². The van der Waals surface area contributed by atoms with Crippen LogP contribution in [0.15, 0.2) is 52.1 Å². The summed E-state index contributed by atoms with van der Waals surface area (Å²) >= 11 is 18.1. The first-order valence-electron chi connectivity index (χ1n) is 7.45. The van der Waals surface area contributed by atoms with Crippen LogP contribution in [0.3, 0.4) is 0 Å². The highest BCUT2D eigenvalue weighted by molar-refractivity contribution is 6.44. The molecule has 1 amide bonds. The van der Waals surface area contributed by atoms with Crippen molar-refractivity contribution in [3.05, 3.63) is 74.7 Å². The average Bonchev–Trinajstić information content (AvgIpc) is 3.07. The maximum absolute atomic E-state index is 11.9. The Morgan fingerprint density at radius 1 is 1.12 bits per heavy atom. The maximum atomic E-state index is 11.9. The molecule has 1 N–H and O–H groups in total. The first-order valence-corrected chi connectivity index (χ1v) is 8.58. The molecule has 8 heteroatoms. The molecule has 2 aromatic heterocycles. The molecule has 0 saturated carbocycles. The monoisotopic (exact) mass is 407 g/mol. The van der Waals surface area contributed by atoms with Crippen LogP contribution in [0.2, 0.25) is 15.1 Å². The van der Waals surface area contributed by atoms with E-state index in [1.807, 2.05) is 6.92 Å². The molecule has 3 aromatic rings. The van der Waals surface area contributed by atoms with Gasteiger partial charge in [0.1, 0.15) is 11.5 Å². The zero-order valence-corrected chi connectivity index (χ0v) is 15.7. The van der Waals surface area contributed by atoms with Crippen LogP contribution in [-0.2, 0) is 0 Å². The van der Waals surface area contributed by atoms with Crippen molar-refractivity contribution in [2.45, 2.75) is 6.92 Å². The Hall–Kier alpha value is -2.34. The number of pyridine rings is 1. The number of carbonyl (C=O) groups is 1. The van der Waals surface area contributed by atoms with Gasteiger partial charge in [-0.25, -0.2) is 5.43 Å². The van der Waals surface area contributed by atoms with Crippen LogP contribution in [0.5, 0.6) is 0 Å². The Morgan fingerprint density at radius 2 is 1.88 bits per heavy atom. The molecule has 0 aliphatic heterocycles. The molecule has 0 aliphatic rings. The third-order valence-electron chi connectivity index (χ3n) is 3.43. The number of nitrogens with zero attached hydrogens (tertiary/aromatic N) is 2. The van der Waals surface area contributed by atoms with Crippen molar-refractivity contribution in [3.8, 4) is 11.3 Å². The number of hydrogen-bond donors (Lipinski definition) is 1. The lowest BCUT2D eigenvalue weighted by Gasteiger charge is -2.03. The fraction of sp³-hybridized carbons (Fsp3) is 0.0556.